The van der Waals surface area contributed by atoms with Gasteiger partial charge in [-0.2, -0.15) is 0 Å². The van der Waals surface area contributed by atoms with E-state index in [0.717, 1.165) is 50.9 Å². The molecule has 2 N–H and O–H groups in total. The second kappa shape index (κ2) is 13.6. The van der Waals surface area contributed by atoms with Gasteiger partial charge in [-0.25, -0.2) is 0 Å². The van der Waals surface area contributed by atoms with Gasteiger partial charge in [0.15, 0.2) is 5.96 Å². The van der Waals surface area contributed by atoms with Crippen LogP contribution in [0.2, 0.25) is 0 Å². The van der Waals surface area contributed by atoms with Crippen LogP contribution in [0.3, 0.4) is 0 Å². The molecule has 27 heavy (non-hydrogen) atoms. The lowest BCUT2D eigenvalue weighted by Crippen LogP contribution is -2.49. The zero-order chi connectivity index (χ0) is 19.2. The van der Waals surface area contributed by atoms with Crippen LogP contribution in [0, 0.1) is 0 Å². The standard InChI is InChI=1S/C21H38N4O2/c1-3-5-14-25-15-10-19(11-16-25)24-21(22-12-7-17-26-4-2)23-13-9-20-8-6-18-27-20/h6,8,18-19H,3-5,7,9-17H2,1-2H3,(H2,22,23,24). The minimum Gasteiger partial charge on any atom is -0.469 e. The fourth-order valence-corrected chi connectivity index (χ4v) is 3.29. The molecule has 2 heterocycles. The van der Waals surface area contributed by atoms with Gasteiger partial charge >= 0.3 is 0 Å². The predicted octanol–water partition coefficient (Wildman–Crippen LogP) is 3.05. The molecule has 1 aliphatic heterocycles. The van der Waals surface area contributed by atoms with Crippen LogP contribution >= 0.6 is 0 Å². The highest BCUT2D eigenvalue weighted by atomic mass is 16.5. The second-order valence-electron chi connectivity index (χ2n) is 7.15. The Hall–Kier alpha value is -1.53. The molecule has 0 amide bonds. The maximum atomic E-state index is 5.41. The summed E-state index contributed by atoms with van der Waals surface area (Å²) in [5, 5.41) is 7.11. The Kier molecular flexibility index (Phi) is 11.0. The number of furan rings is 1. The third-order valence-corrected chi connectivity index (χ3v) is 4.92. The normalized spacial score (nSPS) is 16.6. The quantitative estimate of drug-likeness (QED) is 0.333. The van der Waals surface area contributed by atoms with E-state index in [-0.39, 0.29) is 0 Å². The van der Waals surface area contributed by atoms with Gasteiger partial charge in [0.05, 0.1) is 6.26 Å². The van der Waals surface area contributed by atoms with Crippen LogP contribution in [0.25, 0.3) is 0 Å². The molecular formula is C21H38N4O2. The number of nitrogens with one attached hydrogen (secondary N) is 2. The topological polar surface area (TPSA) is 62.0 Å². The van der Waals surface area contributed by atoms with E-state index in [9.17, 15) is 0 Å². The highest BCUT2D eigenvalue weighted by Crippen LogP contribution is 2.11. The molecule has 0 bridgehead atoms. The van der Waals surface area contributed by atoms with Gasteiger partial charge in [-0.05, 0) is 51.3 Å². The maximum Gasteiger partial charge on any atom is 0.191 e. The SMILES string of the molecule is CCCCN1CCC(NC(=NCCCOCC)NCCc2ccco2)CC1. The predicted molar refractivity (Wildman–Crippen MR) is 111 cm³/mol. The third-order valence-electron chi connectivity index (χ3n) is 4.92. The molecule has 0 aliphatic carbocycles. The van der Waals surface area contributed by atoms with E-state index >= 15 is 0 Å². The lowest BCUT2D eigenvalue weighted by molar-refractivity contribution is 0.146. The van der Waals surface area contributed by atoms with Gasteiger partial charge in [-0.1, -0.05) is 13.3 Å². The summed E-state index contributed by atoms with van der Waals surface area (Å²) < 4.78 is 10.8. The van der Waals surface area contributed by atoms with E-state index in [1.54, 1.807) is 6.26 Å². The van der Waals surface area contributed by atoms with Crippen LogP contribution in [0.5, 0.6) is 0 Å². The molecule has 0 spiro atoms. The van der Waals surface area contributed by atoms with E-state index in [2.05, 4.69) is 22.5 Å². The average Bonchev–Trinajstić information content (AvgIpc) is 3.20. The summed E-state index contributed by atoms with van der Waals surface area (Å²) in [7, 11) is 0. The molecule has 1 saturated heterocycles. The molecule has 0 atom stereocenters. The molecule has 1 aromatic rings. The van der Waals surface area contributed by atoms with Crippen molar-refractivity contribution >= 4 is 5.96 Å². The van der Waals surface area contributed by atoms with Gasteiger partial charge < -0.3 is 24.7 Å². The van der Waals surface area contributed by atoms with Crippen LogP contribution in [0.1, 0.15) is 51.7 Å². The van der Waals surface area contributed by atoms with Gasteiger partial charge in [-0.15, -0.1) is 0 Å². The molecule has 1 aromatic heterocycles. The zero-order valence-corrected chi connectivity index (χ0v) is 17.2. The molecule has 154 valence electrons. The van der Waals surface area contributed by atoms with E-state index in [0.29, 0.717) is 6.04 Å². The monoisotopic (exact) mass is 378 g/mol. The van der Waals surface area contributed by atoms with Gasteiger partial charge in [0.25, 0.3) is 0 Å². The van der Waals surface area contributed by atoms with Crippen molar-refractivity contribution in [2.75, 3.05) is 45.9 Å². The van der Waals surface area contributed by atoms with Crippen LogP contribution in [0.4, 0.5) is 0 Å². The third kappa shape index (κ3) is 9.29. The fraction of sp³-hybridized carbons (Fsp3) is 0.762. The van der Waals surface area contributed by atoms with Gasteiger partial charge in [0.1, 0.15) is 5.76 Å². The molecule has 1 fully saturated rings. The fourth-order valence-electron chi connectivity index (χ4n) is 3.29. The molecule has 0 saturated carbocycles. The van der Waals surface area contributed by atoms with Crippen LogP contribution in [-0.4, -0.2) is 62.8 Å². The van der Waals surface area contributed by atoms with Gasteiger partial charge in [0, 0.05) is 51.9 Å². The number of unbranched alkanes of at least 4 members (excludes halogenated alkanes) is 1. The van der Waals surface area contributed by atoms with Crippen molar-refractivity contribution in [1.82, 2.24) is 15.5 Å². The summed E-state index contributed by atoms with van der Waals surface area (Å²) in [4.78, 5) is 7.34. The minimum atomic E-state index is 0.504. The minimum absolute atomic E-state index is 0.504. The first-order valence-electron chi connectivity index (χ1n) is 10.7. The smallest absolute Gasteiger partial charge is 0.191 e. The Morgan fingerprint density at radius 1 is 1.30 bits per heavy atom. The number of piperidine rings is 1. The number of hydrogen-bond acceptors (Lipinski definition) is 4. The zero-order valence-electron chi connectivity index (χ0n) is 17.2. The molecular weight excluding hydrogens is 340 g/mol. The highest BCUT2D eigenvalue weighted by Gasteiger charge is 2.19. The maximum absolute atomic E-state index is 5.41. The van der Waals surface area contributed by atoms with E-state index in [4.69, 9.17) is 14.1 Å². The van der Waals surface area contributed by atoms with E-state index in [1.165, 1.54) is 45.3 Å². The van der Waals surface area contributed by atoms with Gasteiger partial charge in [-0.3, -0.25) is 4.99 Å². The summed E-state index contributed by atoms with van der Waals surface area (Å²) >= 11 is 0. The lowest BCUT2D eigenvalue weighted by Gasteiger charge is -2.33. The average molecular weight is 379 g/mol. The van der Waals surface area contributed by atoms with E-state index < -0.39 is 0 Å². The molecule has 6 nitrogen and oxygen atoms in total. The van der Waals surface area contributed by atoms with Crippen LogP contribution < -0.4 is 10.6 Å². The number of guanidine groups is 1. The summed E-state index contributed by atoms with van der Waals surface area (Å²) in [6.45, 7) is 11.0. The van der Waals surface area contributed by atoms with Crippen molar-refractivity contribution in [3.63, 3.8) is 0 Å². The van der Waals surface area contributed by atoms with Gasteiger partial charge in [0.2, 0.25) is 0 Å². The number of ether oxygens (including phenoxy) is 1. The molecule has 2 rings (SSSR count). The summed E-state index contributed by atoms with van der Waals surface area (Å²) in [5.41, 5.74) is 0. The van der Waals surface area contributed by atoms with Crippen molar-refractivity contribution in [3.05, 3.63) is 24.2 Å². The Morgan fingerprint density at radius 2 is 2.15 bits per heavy atom. The number of hydrogen-bond donors (Lipinski definition) is 2. The van der Waals surface area contributed by atoms with Crippen molar-refractivity contribution in [3.8, 4) is 0 Å². The Morgan fingerprint density at radius 3 is 2.85 bits per heavy atom. The van der Waals surface area contributed by atoms with Crippen LogP contribution in [-0.2, 0) is 11.2 Å². The molecule has 1 aliphatic rings. The summed E-state index contributed by atoms with van der Waals surface area (Å²) in [5.74, 6) is 1.92. The molecule has 6 heteroatoms. The second-order valence-corrected chi connectivity index (χ2v) is 7.15. The molecule has 0 unspecified atom stereocenters. The van der Waals surface area contributed by atoms with Crippen molar-refractivity contribution < 1.29 is 9.15 Å². The lowest BCUT2D eigenvalue weighted by atomic mass is 10.0. The first-order chi connectivity index (χ1) is 13.3. The van der Waals surface area contributed by atoms with Crippen molar-refractivity contribution in [1.29, 1.82) is 0 Å². The Bertz CT molecular complexity index is 496. The van der Waals surface area contributed by atoms with Crippen molar-refractivity contribution in [2.24, 2.45) is 4.99 Å². The summed E-state index contributed by atoms with van der Waals surface area (Å²) in [6.07, 6.45) is 8.48. The highest BCUT2D eigenvalue weighted by molar-refractivity contribution is 5.80. The number of likely N-dealkylation sites (tertiary alicyclic amines) is 1. The van der Waals surface area contributed by atoms with Crippen molar-refractivity contribution in [2.45, 2.75) is 58.4 Å². The Labute approximate surface area is 164 Å². The first-order valence-corrected chi connectivity index (χ1v) is 10.7. The molecule has 0 radical (unpaired) electrons. The Balaban J connectivity index is 1.75. The number of aliphatic imine (C=N–C) groups is 1. The number of rotatable bonds is 12. The largest absolute Gasteiger partial charge is 0.469 e. The summed E-state index contributed by atoms with van der Waals surface area (Å²) in [6, 6.07) is 4.45. The van der Waals surface area contributed by atoms with E-state index in [1.807, 2.05) is 19.1 Å². The molecule has 0 aromatic carbocycles. The number of nitrogens with zero attached hydrogens (tertiary/aromatic N) is 2. The first kappa shape index (κ1) is 21.8. The van der Waals surface area contributed by atoms with Crippen LogP contribution in [0.15, 0.2) is 27.8 Å².